The standard InChI is InChI=1S/C16H22N2O3/c1-10(2)14(16(20)21-3)18-15(19)13-8-11-6-4-5-7-12(11)9-17-13/h4-7,10,13-14,17H,8-9H2,1-3H3,(H,18,19). The van der Waals surface area contributed by atoms with Gasteiger partial charge < -0.3 is 15.4 Å². The number of carbonyl (C=O) groups excluding carboxylic acids is 2. The Morgan fingerprint density at radius 3 is 2.57 bits per heavy atom. The predicted molar refractivity (Wildman–Crippen MR) is 79.6 cm³/mol. The maximum Gasteiger partial charge on any atom is 0.328 e. The lowest BCUT2D eigenvalue weighted by Gasteiger charge is -2.28. The fourth-order valence-electron chi connectivity index (χ4n) is 2.52. The highest BCUT2D eigenvalue weighted by molar-refractivity contribution is 5.88. The molecule has 2 unspecified atom stereocenters. The van der Waals surface area contributed by atoms with Gasteiger partial charge in [-0.1, -0.05) is 38.1 Å². The maximum absolute atomic E-state index is 12.4. The quantitative estimate of drug-likeness (QED) is 0.812. The molecule has 1 aromatic carbocycles. The minimum atomic E-state index is -0.610. The zero-order valence-corrected chi connectivity index (χ0v) is 12.7. The number of nitrogens with one attached hydrogen (secondary N) is 2. The van der Waals surface area contributed by atoms with Crippen LogP contribution in [0.5, 0.6) is 0 Å². The van der Waals surface area contributed by atoms with Crippen LogP contribution in [0.2, 0.25) is 0 Å². The molecule has 2 rings (SSSR count). The van der Waals surface area contributed by atoms with Gasteiger partial charge in [-0.15, -0.1) is 0 Å². The number of ether oxygens (including phenoxy) is 1. The minimum absolute atomic E-state index is 0.0164. The summed E-state index contributed by atoms with van der Waals surface area (Å²) in [6.07, 6.45) is 0.633. The Kier molecular flexibility index (Phi) is 4.96. The van der Waals surface area contributed by atoms with Crippen molar-refractivity contribution in [2.75, 3.05) is 7.11 Å². The van der Waals surface area contributed by atoms with E-state index in [0.29, 0.717) is 13.0 Å². The van der Waals surface area contributed by atoms with Gasteiger partial charge in [0.1, 0.15) is 6.04 Å². The maximum atomic E-state index is 12.4. The third-order valence-electron chi connectivity index (χ3n) is 3.82. The van der Waals surface area contributed by atoms with Crippen LogP contribution in [0.1, 0.15) is 25.0 Å². The van der Waals surface area contributed by atoms with E-state index in [1.165, 1.54) is 18.2 Å². The summed E-state index contributed by atoms with van der Waals surface area (Å²) >= 11 is 0. The topological polar surface area (TPSA) is 67.4 Å². The fraction of sp³-hybridized carbons (Fsp3) is 0.500. The highest BCUT2D eigenvalue weighted by atomic mass is 16.5. The second kappa shape index (κ2) is 6.72. The van der Waals surface area contributed by atoms with Crippen molar-refractivity contribution < 1.29 is 14.3 Å². The van der Waals surface area contributed by atoms with Crippen molar-refractivity contribution in [3.05, 3.63) is 35.4 Å². The Morgan fingerprint density at radius 2 is 1.95 bits per heavy atom. The Hall–Kier alpha value is -1.88. The highest BCUT2D eigenvalue weighted by Gasteiger charge is 2.30. The molecule has 2 atom stereocenters. The van der Waals surface area contributed by atoms with E-state index in [0.717, 1.165) is 0 Å². The Morgan fingerprint density at radius 1 is 1.29 bits per heavy atom. The van der Waals surface area contributed by atoms with Gasteiger partial charge >= 0.3 is 5.97 Å². The molecule has 5 nitrogen and oxygen atoms in total. The van der Waals surface area contributed by atoms with E-state index in [-0.39, 0.29) is 17.9 Å². The molecule has 0 aromatic heterocycles. The first-order chi connectivity index (χ1) is 10.0. The van der Waals surface area contributed by atoms with Crippen LogP contribution >= 0.6 is 0 Å². The Balaban J connectivity index is 2.03. The first kappa shape index (κ1) is 15.5. The van der Waals surface area contributed by atoms with Crippen molar-refractivity contribution in [3.63, 3.8) is 0 Å². The summed E-state index contributed by atoms with van der Waals surface area (Å²) < 4.78 is 4.74. The lowest BCUT2D eigenvalue weighted by Crippen LogP contribution is -2.53. The molecular formula is C16H22N2O3. The second-order valence-electron chi connectivity index (χ2n) is 5.66. The van der Waals surface area contributed by atoms with Crippen molar-refractivity contribution in [1.82, 2.24) is 10.6 Å². The summed E-state index contributed by atoms with van der Waals surface area (Å²) in [4.78, 5) is 24.1. The first-order valence-corrected chi connectivity index (χ1v) is 7.21. The molecule has 1 heterocycles. The monoisotopic (exact) mass is 290 g/mol. The van der Waals surface area contributed by atoms with Gasteiger partial charge in [0.15, 0.2) is 0 Å². The molecule has 0 aliphatic carbocycles. The molecule has 1 amide bonds. The third-order valence-corrected chi connectivity index (χ3v) is 3.82. The van der Waals surface area contributed by atoms with Crippen LogP contribution in [-0.2, 0) is 27.3 Å². The molecule has 0 saturated heterocycles. The Bertz CT molecular complexity index is 528. The third kappa shape index (κ3) is 3.61. The number of amides is 1. The van der Waals surface area contributed by atoms with E-state index < -0.39 is 12.0 Å². The summed E-state index contributed by atoms with van der Waals surface area (Å²) in [5.41, 5.74) is 2.39. The van der Waals surface area contributed by atoms with Gasteiger partial charge in [-0.2, -0.15) is 0 Å². The van der Waals surface area contributed by atoms with Crippen molar-refractivity contribution in [2.24, 2.45) is 5.92 Å². The number of hydrogen-bond donors (Lipinski definition) is 2. The van der Waals surface area contributed by atoms with Gasteiger partial charge in [0.25, 0.3) is 0 Å². The van der Waals surface area contributed by atoms with E-state index in [2.05, 4.69) is 16.7 Å². The molecule has 1 aliphatic heterocycles. The van der Waals surface area contributed by atoms with Crippen LogP contribution in [0.4, 0.5) is 0 Å². The van der Waals surface area contributed by atoms with Crippen LogP contribution in [0.25, 0.3) is 0 Å². The van der Waals surface area contributed by atoms with Crippen molar-refractivity contribution in [2.45, 2.75) is 38.9 Å². The molecule has 1 aliphatic rings. The number of esters is 1. The van der Waals surface area contributed by atoms with Crippen molar-refractivity contribution >= 4 is 11.9 Å². The molecule has 5 heteroatoms. The molecule has 2 N–H and O–H groups in total. The number of hydrogen-bond acceptors (Lipinski definition) is 4. The van der Waals surface area contributed by atoms with Crippen LogP contribution in [0.3, 0.4) is 0 Å². The smallest absolute Gasteiger partial charge is 0.328 e. The first-order valence-electron chi connectivity index (χ1n) is 7.21. The number of benzene rings is 1. The van der Waals surface area contributed by atoms with Crippen LogP contribution in [0, 0.1) is 5.92 Å². The summed E-state index contributed by atoms with van der Waals surface area (Å²) in [6.45, 7) is 4.43. The lowest BCUT2D eigenvalue weighted by molar-refractivity contribution is -0.146. The molecule has 0 spiro atoms. The van der Waals surface area contributed by atoms with Gasteiger partial charge in [0, 0.05) is 6.54 Å². The van der Waals surface area contributed by atoms with Gasteiger partial charge in [0.2, 0.25) is 5.91 Å². The number of carbonyl (C=O) groups is 2. The van der Waals surface area contributed by atoms with E-state index in [9.17, 15) is 9.59 Å². The minimum Gasteiger partial charge on any atom is -0.467 e. The van der Waals surface area contributed by atoms with E-state index in [4.69, 9.17) is 4.74 Å². The molecule has 0 bridgehead atoms. The molecular weight excluding hydrogens is 268 g/mol. The van der Waals surface area contributed by atoms with Crippen LogP contribution in [-0.4, -0.2) is 31.1 Å². The largest absolute Gasteiger partial charge is 0.467 e. The highest BCUT2D eigenvalue weighted by Crippen LogP contribution is 2.16. The van der Waals surface area contributed by atoms with Crippen LogP contribution in [0.15, 0.2) is 24.3 Å². The molecule has 1 aromatic rings. The Labute approximate surface area is 125 Å². The average molecular weight is 290 g/mol. The van der Waals surface area contributed by atoms with Crippen molar-refractivity contribution in [3.8, 4) is 0 Å². The van der Waals surface area contributed by atoms with E-state index >= 15 is 0 Å². The van der Waals surface area contributed by atoms with Crippen molar-refractivity contribution in [1.29, 1.82) is 0 Å². The van der Waals surface area contributed by atoms with Gasteiger partial charge in [-0.25, -0.2) is 4.79 Å². The predicted octanol–water partition coefficient (Wildman–Crippen LogP) is 1.01. The average Bonchev–Trinajstić information content (AvgIpc) is 2.50. The van der Waals surface area contributed by atoms with Crippen LogP contribution < -0.4 is 10.6 Å². The zero-order chi connectivity index (χ0) is 15.4. The molecule has 0 saturated carbocycles. The molecule has 0 fully saturated rings. The number of fused-ring (bicyclic) bond motifs is 1. The van der Waals surface area contributed by atoms with Gasteiger partial charge in [0.05, 0.1) is 13.2 Å². The summed E-state index contributed by atoms with van der Waals surface area (Å²) in [5.74, 6) is -0.583. The second-order valence-corrected chi connectivity index (χ2v) is 5.66. The van der Waals surface area contributed by atoms with Gasteiger partial charge in [-0.3, -0.25) is 4.79 Å². The summed E-state index contributed by atoms with van der Waals surface area (Å²) in [7, 11) is 1.33. The molecule has 114 valence electrons. The van der Waals surface area contributed by atoms with E-state index in [1.54, 1.807) is 0 Å². The SMILES string of the molecule is COC(=O)C(NC(=O)C1Cc2ccccc2CN1)C(C)C. The lowest BCUT2D eigenvalue weighted by atomic mass is 9.95. The normalized spacial score (nSPS) is 18.8. The summed E-state index contributed by atoms with van der Waals surface area (Å²) in [6, 6.07) is 7.14. The molecule has 21 heavy (non-hydrogen) atoms. The number of rotatable bonds is 4. The molecule has 0 radical (unpaired) electrons. The summed E-state index contributed by atoms with van der Waals surface area (Å²) in [5, 5.41) is 6.00. The number of methoxy groups -OCH3 is 1. The fourth-order valence-corrected chi connectivity index (χ4v) is 2.52. The zero-order valence-electron chi connectivity index (χ0n) is 12.7. The van der Waals surface area contributed by atoms with Gasteiger partial charge in [-0.05, 0) is 23.5 Å². The van der Waals surface area contributed by atoms with E-state index in [1.807, 2.05) is 32.0 Å².